The first-order valence-corrected chi connectivity index (χ1v) is 6.47. The van der Waals surface area contributed by atoms with Crippen LogP contribution in [0.3, 0.4) is 0 Å². The molecule has 0 aliphatic carbocycles. The van der Waals surface area contributed by atoms with E-state index in [2.05, 4.69) is 0 Å². The fourth-order valence-corrected chi connectivity index (χ4v) is 2.10. The Kier molecular flexibility index (Phi) is 4.20. The van der Waals surface area contributed by atoms with E-state index >= 15 is 0 Å². The van der Waals surface area contributed by atoms with Gasteiger partial charge in [-0.25, -0.2) is 0 Å². The molecule has 0 heterocycles. The minimum atomic E-state index is -0.150. The van der Waals surface area contributed by atoms with Gasteiger partial charge in [0.15, 0.2) is 0 Å². The predicted octanol–water partition coefficient (Wildman–Crippen LogP) is 3.52. The summed E-state index contributed by atoms with van der Waals surface area (Å²) in [5, 5.41) is 0.416. The van der Waals surface area contributed by atoms with E-state index in [4.69, 9.17) is 11.6 Å². The molecule has 0 saturated heterocycles. The van der Waals surface area contributed by atoms with Crippen molar-refractivity contribution in [2.75, 3.05) is 14.1 Å². The quantitative estimate of drug-likeness (QED) is 0.810. The highest BCUT2D eigenvalue weighted by atomic mass is 35.5. The molecule has 0 radical (unpaired) electrons. The topological polar surface area (TPSA) is 37.4 Å². The largest absolute Gasteiger partial charge is 0.345 e. The van der Waals surface area contributed by atoms with Gasteiger partial charge in [-0.05, 0) is 29.3 Å². The Morgan fingerprint density at radius 1 is 1.10 bits per heavy atom. The van der Waals surface area contributed by atoms with Crippen LogP contribution in [0.25, 0.3) is 11.1 Å². The zero-order chi connectivity index (χ0) is 14.7. The summed E-state index contributed by atoms with van der Waals surface area (Å²) in [5.41, 5.74) is 2.77. The number of benzene rings is 2. The van der Waals surface area contributed by atoms with Crippen LogP contribution >= 0.6 is 11.6 Å². The Morgan fingerprint density at radius 3 is 2.45 bits per heavy atom. The molecule has 20 heavy (non-hydrogen) atoms. The molecular weight excluding hydrogens is 274 g/mol. The predicted molar refractivity (Wildman–Crippen MR) is 80.3 cm³/mol. The van der Waals surface area contributed by atoms with Gasteiger partial charge >= 0.3 is 0 Å². The molecule has 0 bridgehead atoms. The Morgan fingerprint density at radius 2 is 1.80 bits per heavy atom. The van der Waals surface area contributed by atoms with Crippen LogP contribution in [0, 0.1) is 0 Å². The Hall–Kier alpha value is -2.13. The van der Waals surface area contributed by atoms with Crippen molar-refractivity contribution in [2.24, 2.45) is 0 Å². The molecule has 0 aliphatic rings. The van der Waals surface area contributed by atoms with E-state index in [0.717, 1.165) is 17.4 Å². The lowest BCUT2D eigenvalue weighted by Crippen LogP contribution is -2.22. The number of rotatable bonds is 3. The number of carbonyl (C=O) groups excluding carboxylic acids is 2. The molecule has 2 aromatic carbocycles. The van der Waals surface area contributed by atoms with E-state index in [9.17, 15) is 9.59 Å². The van der Waals surface area contributed by atoms with E-state index in [-0.39, 0.29) is 5.91 Å². The smallest absolute Gasteiger partial charge is 0.254 e. The van der Waals surface area contributed by atoms with Crippen molar-refractivity contribution in [1.29, 1.82) is 0 Å². The highest BCUT2D eigenvalue weighted by molar-refractivity contribution is 6.34. The first-order valence-electron chi connectivity index (χ1n) is 6.09. The molecule has 4 heteroatoms. The lowest BCUT2D eigenvalue weighted by molar-refractivity contribution is 0.0827. The monoisotopic (exact) mass is 287 g/mol. The molecule has 2 rings (SSSR count). The van der Waals surface area contributed by atoms with E-state index in [0.29, 0.717) is 16.1 Å². The van der Waals surface area contributed by atoms with Gasteiger partial charge in [0, 0.05) is 19.7 Å². The van der Waals surface area contributed by atoms with E-state index in [1.54, 1.807) is 44.4 Å². The lowest BCUT2D eigenvalue weighted by atomic mass is 10.0. The van der Waals surface area contributed by atoms with E-state index in [1.165, 1.54) is 4.90 Å². The van der Waals surface area contributed by atoms with Crippen LogP contribution in [0.1, 0.15) is 20.7 Å². The summed E-state index contributed by atoms with van der Waals surface area (Å²) in [6.45, 7) is 0. The second-order valence-electron chi connectivity index (χ2n) is 4.64. The van der Waals surface area contributed by atoms with Gasteiger partial charge < -0.3 is 4.90 Å². The SMILES string of the molecule is CN(C)C(=O)c1cc(-c2cccc(C=O)c2)ccc1Cl. The normalized spacial score (nSPS) is 10.2. The molecule has 0 aromatic heterocycles. The van der Waals surface area contributed by atoms with Crippen LogP contribution in [-0.2, 0) is 0 Å². The van der Waals surface area contributed by atoms with Crippen LogP contribution in [-0.4, -0.2) is 31.2 Å². The van der Waals surface area contributed by atoms with Crippen molar-refractivity contribution < 1.29 is 9.59 Å². The molecule has 0 spiro atoms. The van der Waals surface area contributed by atoms with Crippen LogP contribution in [0.5, 0.6) is 0 Å². The Balaban J connectivity index is 2.50. The Bertz CT molecular complexity index is 665. The minimum Gasteiger partial charge on any atom is -0.345 e. The van der Waals surface area contributed by atoms with Crippen LogP contribution in [0.2, 0.25) is 5.02 Å². The van der Waals surface area contributed by atoms with Crippen molar-refractivity contribution in [3.05, 3.63) is 58.6 Å². The molecule has 0 saturated carbocycles. The highest BCUT2D eigenvalue weighted by Crippen LogP contribution is 2.26. The fraction of sp³-hybridized carbons (Fsp3) is 0.125. The summed E-state index contributed by atoms with van der Waals surface area (Å²) in [7, 11) is 3.36. The molecule has 102 valence electrons. The average Bonchev–Trinajstić information content (AvgIpc) is 2.47. The van der Waals surface area contributed by atoms with E-state index < -0.39 is 0 Å². The number of carbonyl (C=O) groups is 2. The maximum absolute atomic E-state index is 12.1. The number of halogens is 1. The fourth-order valence-electron chi connectivity index (χ4n) is 1.90. The molecule has 3 nitrogen and oxygen atoms in total. The standard InChI is InChI=1S/C16H14ClNO2/c1-18(2)16(20)14-9-13(6-7-15(14)17)12-5-3-4-11(8-12)10-19/h3-10H,1-2H3. The summed E-state index contributed by atoms with van der Waals surface area (Å²) in [6.07, 6.45) is 0.797. The number of hydrogen-bond donors (Lipinski definition) is 0. The summed E-state index contributed by atoms with van der Waals surface area (Å²) in [5.74, 6) is -0.150. The van der Waals surface area contributed by atoms with Gasteiger partial charge in [-0.1, -0.05) is 35.9 Å². The van der Waals surface area contributed by atoms with Gasteiger partial charge in [0.05, 0.1) is 10.6 Å². The van der Waals surface area contributed by atoms with Gasteiger partial charge in [0.1, 0.15) is 6.29 Å². The molecule has 2 aromatic rings. The van der Waals surface area contributed by atoms with Gasteiger partial charge in [-0.3, -0.25) is 9.59 Å². The third kappa shape index (κ3) is 2.89. The van der Waals surface area contributed by atoms with Crippen molar-refractivity contribution in [1.82, 2.24) is 4.90 Å². The number of aldehydes is 1. The van der Waals surface area contributed by atoms with Gasteiger partial charge in [0.2, 0.25) is 0 Å². The molecule has 0 N–H and O–H groups in total. The summed E-state index contributed by atoms with van der Waals surface area (Å²) in [6, 6.07) is 12.5. The van der Waals surface area contributed by atoms with Gasteiger partial charge in [0.25, 0.3) is 5.91 Å². The second-order valence-corrected chi connectivity index (χ2v) is 5.04. The number of hydrogen-bond acceptors (Lipinski definition) is 2. The molecule has 0 atom stereocenters. The number of nitrogens with zero attached hydrogens (tertiary/aromatic N) is 1. The van der Waals surface area contributed by atoms with Crippen LogP contribution in [0.4, 0.5) is 0 Å². The third-order valence-electron chi connectivity index (χ3n) is 2.96. The van der Waals surface area contributed by atoms with Gasteiger partial charge in [-0.2, -0.15) is 0 Å². The Labute approximate surface area is 122 Å². The van der Waals surface area contributed by atoms with Gasteiger partial charge in [-0.15, -0.1) is 0 Å². The minimum absolute atomic E-state index is 0.150. The molecular formula is C16H14ClNO2. The van der Waals surface area contributed by atoms with Crippen molar-refractivity contribution in [3.63, 3.8) is 0 Å². The summed E-state index contributed by atoms with van der Waals surface area (Å²) < 4.78 is 0. The molecule has 0 fully saturated rings. The zero-order valence-electron chi connectivity index (χ0n) is 11.3. The zero-order valence-corrected chi connectivity index (χ0v) is 12.0. The highest BCUT2D eigenvalue weighted by Gasteiger charge is 2.13. The first-order chi connectivity index (χ1) is 9.52. The van der Waals surface area contributed by atoms with Crippen molar-refractivity contribution >= 4 is 23.8 Å². The van der Waals surface area contributed by atoms with Crippen LogP contribution < -0.4 is 0 Å². The maximum Gasteiger partial charge on any atom is 0.254 e. The number of amides is 1. The summed E-state index contributed by atoms with van der Waals surface area (Å²) >= 11 is 6.08. The molecule has 1 amide bonds. The summed E-state index contributed by atoms with van der Waals surface area (Å²) in [4.78, 5) is 24.4. The molecule has 0 unspecified atom stereocenters. The van der Waals surface area contributed by atoms with Crippen molar-refractivity contribution in [3.8, 4) is 11.1 Å². The third-order valence-corrected chi connectivity index (χ3v) is 3.29. The first kappa shape index (κ1) is 14.3. The lowest BCUT2D eigenvalue weighted by Gasteiger charge is -2.13. The van der Waals surface area contributed by atoms with E-state index in [1.807, 2.05) is 12.1 Å². The van der Waals surface area contributed by atoms with Crippen molar-refractivity contribution in [2.45, 2.75) is 0 Å². The second kappa shape index (κ2) is 5.88. The molecule has 0 aliphatic heterocycles. The average molecular weight is 288 g/mol. The van der Waals surface area contributed by atoms with Crippen LogP contribution in [0.15, 0.2) is 42.5 Å². The maximum atomic E-state index is 12.1.